The van der Waals surface area contributed by atoms with Crippen LogP contribution in [0.15, 0.2) is 0 Å². The molecule has 0 aromatic heterocycles. The molecule has 1 nitrogen and oxygen atoms in total. The second-order valence-electron chi connectivity index (χ2n) is 3.02. The molecule has 0 bridgehead atoms. The molecule has 0 amide bonds. The van der Waals surface area contributed by atoms with Crippen LogP contribution in [0.3, 0.4) is 0 Å². The largest absolute Gasteiger partial charge is 1.00 e. The fourth-order valence-corrected chi connectivity index (χ4v) is 0. The number of hydrogen-bond donors (Lipinski definition) is 0. The smallest absolute Gasteiger partial charge is 1.00 e. The van der Waals surface area contributed by atoms with E-state index in [2.05, 4.69) is 32.8 Å². The van der Waals surface area contributed by atoms with Gasteiger partial charge in [0.1, 0.15) is 0 Å². The predicted molar refractivity (Wildman–Crippen MR) is 43.5 cm³/mol. The number of halogens is 6. The van der Waals surface area contributed by atoms with Crippen LogP contribution in [-0.2, 0) is 0 Å². The summed E-state index contributed by atoms with van der Waals surface area (Å²) in [4.78, 5) is 2.17. The molecular weight excluding hydrogens is 219 g/mol. The zero-order chi connectivity index (χ0) is 11.6. The van der Waals surface area contributed by atoms with E-state index in [9.17, 15) is 25.2 Å². The van der Waals surface area contributed by atoms with Crippen LogP contribution in [0.4, 0.5) is 25.2 Å². The fourth-order valence-electron chi connectivity index (χ4n) is 0. The zero-order valence-electron chi connectivity index (χ0n) is 8.74. The van der Waals surface area contributed by atoms with Gasteiger partial charge in [-0.1, -0.05) is 0 Å². The molecule has 0 aliphatic rings. The Kier molecular flexibility index (Phi) is 3.89. The van der Waals surface area contributed by atoms with Crippen molar-refractivity contribution in [3.05, 3.63) is 0 Å². The van der Waals surface area contributed by atoms with Crippen molar-refractivity contribution < 1.29 is 26.6 Å². The molecule has 0 aliphatic heterocycles. The SMILES string of the molecule is CC(C)N(C)C.F[P-](F)(F)(F)(F)F.[H+]. The Morgan fingerprint density at radius 2 is 1.00 bits per heavy atom. The van der Waals surface area contributed by atoms with Crippen LogP contribution in [0.5, 0.6) is 0 Å². The van der Waals surface area contributed by atoms with Crippen LogP contribution in [-0.4, -0.2) is 25.0 Å². The number of nitrogens with zero attached hydrogens (tertiary/aromatic N) is 1. The first-order valence-corrected chi connectivity index (χ1v) is 5.35. The van der Waals surface area contributed by atoms with E-state index < -0.39 is 7.81 Å². The van der Waals surface area contributed by atoms with Crippen LogP contribution in [0.1, 0.15) is 15.3 Å². The van der Waals surface area contributed by atoms with Gasteiger partial charge in [-0.05, 0) is 27.9 Å². The summed E-state index contributed by atoms with van der Waals surface area (Å²) in [7, 11) is -6.51. The van der Waals surface area contributed by atoms with Gasteiger partial charge in [0, 0.05) is 6.04 Å². The molecule has 0 spiro atoms. The third kappa shape index (κ3) is 75.5. The van der Waals surface area contributed by atoms with Gasteiger partial charge in [-0.2, -0.15) is 0 Å². The Morgan fingerprint density at radius 3 is 1.00 bits per heavy atom. The normalized spacial score (nSPS) is 17.5. The van der Waals surface area contributed by atoms with E-state index in [-0.39, 0.29) is 1.43 Å². The van der Waals surface area contributed by atoms with Crippen molar-refractivity contribution in [1.29, 1.82) is 0 Å². The summed E-state index contributed by atoms with van der Waals surface area (Å²) in [5.74, 6) is 0. The Balaban J connectivity index is -0.000000163. The van der Waals surface area contributed by atoms with Gasteiger partial charge in [-0.15, -0.1) is 0 Å². The van der Waals surface area contributed by atoms with Gasteiger partial charge in [-0.3, -0.25) is 0 Å². The molecule has 13 heavy (non-hydrogen) atoms. The average molecular weight is 233 g/mol. The topological polar surface area (TPSA) is 3.24 Å². The van der Waals surface area contributed by atoms with E-state index >= 15 is 0 Å². The van der Waals surface area contributed by atoms with Crippen LogP contribution in [0.25, 0.3) is 0 Å². The Bertz CT molecular complexity index is 142. The first kappa shape index (κ1) is 15.4. The molecule has 0 unspecified atom stereocenters. The standard InChI is InChI=1S/C5H13N.F6P/c1-5(2)6(3)4;1-7(2,3,4,5)6/h5H,1-4H3;/q;-1/p+1. The maximum Gasteiger partial charge on any atom is 1.00 e. The van der Waals surface area contributed by atoms with E-state index in [0.717, 1.165) is 0 Å². The third-order valence-electron chi connectivity index (χ3n) is 1.03. The van der Waals surface area contributed by atoms with E-state index in [1.165, 1.54) is 0 Å². The Labute approximate surface area is 74.4 Å². The summed E-state index contributed by atoms with van der Waals surface area (Å²) in [6.45, 7) is 4.33. The first-order chi connectivity index (χ1) is 5.09. The minimum Gasteiger partial charge on any atom is 1.00 e. The maximum atomic E-state index is 9.87. The molecule has 0 saturated carbocycles. The van der Waals surface area contributed by atoms with Crippen LogP contribution < -0.4 is 0 Å². The minimum absolute atomic E-state index is 0. The van der Waals surface area contributed by atoms with Crippen LogP contribution >= 0.6 is 7.81 Å². The van der Waals surface area contributed by atoms with E-state index in [1.54, 1.807) is 0 Å². The quantitative estimate of drug-likeness (QED) is 0.477. The number of hydrogen-bond acceptors (Lipinski definition) is 1. The molecule has 86 valence electrons. The summed E-state index contributed by atoms with van der Waals surface area (Å²) >= 11 is 0. The zero-order valence-corrected chi connectivity index (χ0v) is 8.63. The molecule has 0 atom stereocenters. The summed E-state index contributed by atoms with van der Waals surface area (Å²) < 4.78 is 59.2. The van der Waals surface area contributed by atoms with Gasteiger partial charge >= 0.3 is 34.4 Å². The summed E-state index contributed by atoms with van der Waals surface area (Å²) in [6, 6.07) is 0.685. The molecule has 0 saturated heterocycles. The van der Waals surface area contributed by atoms with Crippen molar-refractivity contribution in [1.82, 2.24) is 4.90 Å². The van der Waals surface area contributed by atoms with Crippen molar-refractivity contribution in [2.75, 3.05) is 14.1 Å². The van der Waals surface area contributed by atoms with E-state index in [0.29, 0.717) is 6.04 Å². The van der Waals surface area contributed by atoms with Gasteiger partial charge in [0.15, 0.2) is 0 Å². The summed E-state index contributed by atoms with van der Waals surface area (Å²) in [5, 5.41) is 0. The predicted octanol–water partition coefficient (Wildman–Crippen LogP) is 4.45. The molecule has 0 radical (unpaired) electrons. The van der Waals surface area contributed by atoms with Crippen LogP contribution in [0, 0.1) is 0 Å². The molecule has 0 rings (SSSR count). The summed E-state index contributed by atoms with van der Waals surface area (Å²) in [6.07, 6.45) is 0. The second kappa shape index (κ2) is 3.28. The van der Waals surface area contributed by atoms with Crippen LogP contribution in [0.2, 0.25) is 0 Å². The van der Waals surface area contributed by atoms with Crippen molar-refractivity contribution in [2.24, 2.45) is 0 Å². The average Bonchev–Trinajstić information content (AvgIpc) is 1.54. The van der Waals surface area contributed by atoms with Gasteiger partial charge in [0.25, 0.3) is 0 Å². The Hall–Kier alpha value is -0.0300. The Morgan fingerprint density at radius 1 is 0.923 bits per heavy atom. The second-order valence-corrected chi connectivity index (χ2v) is 4.93. The van der Waals surface area contributed by atoms with Gasteiger partial charge in [-0.25, -0.2) is 0 Å². The molecular formula is C5H14F6NP. The van der Waals surface area contributed by atoms with E-state index in [1.807, 2.05) is 0 Å². The first-order valence-electron chi connectivity index (χ1n) is 3.32. The van der Waals surface area contributed by atoms with Crippen molar-refractivity contribution in [2.45, 2.75) is 19.9 Å². The molecule has 0 aliphatic carbocycles. The minimum atomic E-state index is -10.7. The third-order valence-corrected chi connectivity index (χ3v) is 1.03. The monoisotopic (exact) mass is 233 g/mol. The van der Waals surface area contributed by atoms with Gasteiger partial charge < -0.3 is 4.90 Å². The summed E-state index contributed by atoms with van der Waals surface area (Å²) in [5.41, 5.74) is 0. The van der Waals surface area contributed by atoms with Gasteiger partial charge in [0.05, 0.1) is 0 Å². The molecule has 0 fully saturated rings. The molecule has 0 N–H and O–H groups in total. The van der Waals surface area contributed by atoms with Crippen molar-refractivity contribution in [3.63, 3.8) is 0 Å². The van der Waals surface area contributed by atoms with E-state index in [4.69, 9.17) is 0 Å². The molecule has 0 aromatic carbocycles. The van der Waals surface area contributed by atoms with Gasteiger partial charge in [0.2, 0.25) is 0 Å². The molecule has 0 aromatic rings. The maximum absolute atomic E-state index is 10.7. The molecule has 8 heteroatoms. The molecule has 0 heterocycles. The van der Waals surface area contributed by atoms with Crippen molar-refractivity contribution >= 4 is 7.81 Å². The fraction of sp³-hybridized carbons (Fsp3) is 1.00. The van der Waals surface area contributed by atoms with Crippen molar-refractivity contribution in [3.8, 4) is 0 Å². The number of rotatable bonds is 1.